The monoisotopic (exact) mass is 458 g/mol. The molecule has 1 fully saturated rings. The van der Waals surface area contributed by atoms with Crippen molar-refractivity contribution in [3.05, 3.63) is 18.7 Å². The molecule has 4 rings (SSSR count). The van der Waals surface area contributed by atoms with E-state index in [4.69, 9.17) is 15.6 Å². The molecule has 0 amide bonds. The van der Waals surface area contributed by atoms with Gasteiger partial charge in [0.2, 0.25) is 0 Å². The van der Waals surface area contributed by atoms with Gasteiger partial charge in [0.1, 0.15) is 35.5 Å². The number of aryl methyl sites for hydroxylation is 1. The van der Waals surface area contributed by atoms with Gasteiger partial charge in [-0.25, -0.2) is 19.8 Å². The van der Waals surface area contributed by atoms with Crippen LogP contribution in [0, 0.1) is 0 Å². The van der Waals surface area contributed by atoms with E-state index in [1.165, 1.54) is 22.8 Å². The van der Waals surface area contributed by atoms with Crippen LogP contribution in [-0.2, 0) is 26.3 Å². The molecule has 30 heavy (non-hydrogen) atoms. The molecule has 0 saturated carbocycles. The highest BCUT2D eigenvalue weighted by molar-refractivity contribution is 7.99. The summed E-state index contributed by atoms with van der Waals surface area (Å²) in [5.74, 6) is 0.166. The van der Waals surface area contributed by atoms with Gasteiger partial charge in [0.15, 0.2) is 11.9 Å². The molecule has 0 aliphatic carbocycles. The summed E-state index contributed by atoms with van der Waals surface area (Å²) in [5, 5.41) is 34.9. The van der Waals surface area contributed by atoms with E-state index in [2.05, 4.69) is 24.3 Å². The predicted octanol–water partition coefficient (Wildman–Crippen LogP) is -1.87. The number of nitrogen functional groups attached to an aromatic ring is 1. The Morgan fingerprint density at radius 3 is 2.77 bits per heavy atom. The summed E-state index contributed by atoms with van der Waals surface area (Å²) in [4.78, 5) is 8.94. The third-order valence-electron chi connectivity index (χ3n) is 4.36. The van der Waals surface area contributed by atoms with Gasteiger partial charge in [-0.15, -0.1) is 0 Å². The van der Waals surface area contributed by atoms with Gasteiger partial charge in [0.05, 0.1) is 23.1 Å². The predicted molar refractivity (Wildman–Crippen MR) is 102 cm³/mol. The van der Waals surface area contributed by atoms with Gasteiger partial charge >= 0.3 is 10.3 Å². The van der Waals surface area contributed by atoms with Gasteiger partial charge in [0.25, 0.3) is 0 Å². The van der Waals surface area contributed by atoms with Crippen molar-refractivity contribution >= 4 is 38.9 Å². The Balaban J connectivity index is 1.69. The number of aliphatic hydroxyl groups is 2. The lowest BCUT2D eigenvalue weighted by atomic mass is 10.1. The third-order valence-corrected chi connectivity index (χ3v) is 5.75. The first-order valence-corrected chi connectivity index (χ1v) is 10.8. The average Bonchev–Trinajstić information content (AvgIpc) is 3.32. The number of rotatable bonds is 6. The van der Waals surface area contributed by atoms with E-state index in [1.54, 1.807) is 24.1 Å². The van der Waals surface area contributed by atoms with Gasteiger partial charge < -0.3 is 20.7 Å². The summed E-state index contributed by atoms with van der Waals surface area (Å²) >= 11 is 1.25. The van der Waals surface area contributed by atoms with Crippen LogP contribution in [0.5, 0.6) is 0 Å². The maximum atomic E-state index is 11.0. The Labute approximate surface area is 174 Å². The highest BCUT2D eigenvalue weighted by atomic mass is 32.2. The fraction of sp³-hybridized carbons (Fsp3) is 0.429. The Hall–Kier alpha value is -2.34. The number of ether oxygens (including phenoxy) is 1. The fourth-order valence-corrected chi connectivity index (χ4v) is 4.29. The molecule has 4 atom stereocenters. The zero-order valence-electron chi connectivity index (χ0n) is 15.4. The topological polar surface area (TPSA) is 207 Å². The number of nitrogens with zero attached hydrogens (tertiary/aromatic N) is 6. The van der Waals surface area contributed by atoms with Crippen LogP contribution >= 0.6 is 11.8 Å². The quantitative estimate of drug-likeness (QED) is 0.320. The van der Waals surface area contributed by atoms with Crippen LogP contribution in [0.15, 0.2) is 28.6 Å². The lowest BCUT2D eigenvalue weighted by molar-refractivity contribution is -0.0531. The number of hydrogen-bond acceptors (Lipinski definition) is 12. The van der Waals surface area contributed by atoms with Crippen molar-refractivity contribution in [2.24, 2.45) is 12.2 Å². The van der Waals surface area contributed by atoms with Gasteiger partial charge in [-0.1, -0.05) is 11.8 Å². The molecule has 3 aromatic heterocycles. The Bertz CT molecular complexity index is 1180. The zero-order chi connectivity index (χ0) is 21.6. The van der Waals surface area contributed by atoms with E-state index in [-0.39, 0.29) is 11.5 Å². The molecule has 0 bridgehead atoms. The first-order valence-electron chi connectivity index (χ1n) is 8.48. The number of nitrogens with two attached hydrogens (primary N) is 2. The van der Waals surface area contributed by atoms with Crippen molar-refractivity contribution < 1.29 is 27.6 Å². The molecule has 1 aliphatic heterocycles. The molecule has 0 unspecified atom stereocenters. The molecular weight excluding hydrogens is 440 g/mol. The summed E-state index contributed by atoms with van der Waals surface area (Å²) in [7, 11) is -2.48. The minimum Gasteiger partial charge on any atom is -0.387 e. The number of hydrogen-bond donors (Lipinski definition) is 4. The summed E-state index contributed by atoms with van der Waals surface area (Å²) in [6.07, 6.45) is -0.612. The molecule has 0 aromatic carbocycles. The maximum absolute atomic E-state index is 11.0. The Morgan fingerprint density at radius 2 is 2.10 bits per heavy atom. The normalized spacial score (nSPS) is 24.7. The highest BCUT2D eigenvalue weighted by Crippen LogP contribution is 2.38. The molecule has 162 valence electrons. The van der Waals surface area contributed by atoms with E-state index in [1.807, 2.05) is 0 Å². The summed E-state index contributed by atoms with van der Waals surface area (Å²) in [6.45, 7) is -0.582. The second kappa shape index (κ2) is 7.73. The van der Waals surface area contributed by atoms with E-state index >= 15 is 0 Å². The van der Waals surface area contributed by atoms with Crippen molar-refractivity contribution in [2.45, 2.75) is 34.5 Å². The minimum atomic E-state index is -4.25. The smallest absolute Gasteiger partial charge is 0.333 e. The standard InChI is InChI=1S/C14H18N8O6S2/c1-21-3-6(2-19-21)29-13-8-11(15)17-5-18-12(8)22(20-13)14-10(24)9(23)7(28-14)4-27-30(16,25)26/h2-3,5,7,9-10,14,23-24H,4H2,1H3,(H2,15,17,18)(H2,16,25,26)/t7-,9-,10-,14-/m1/s1. The Kier molecular flexibility index (Phi) is 5.39. The highest BCUT2D eigenvalue weighted by Gasteiger charge is 2.45. The van der Waals surface area contributed by atoms with Crippen LogP contribution < -0.4 is 10.9 Å². The van der Waals surface area contributed by atoms with E-state index in [0.29, 0.717) is 10.4 Å². The largest absolute Gasteiger partial charge is 0.387 e. The van der Waals surface area contributed by atoms with E-state index < -0.39 is 41.5 Å². The van der Waals surface area contributed by atoms with Crippen LogP contribution in [0.3, 0.4) is 0 Å². The first-order chi connectivity index (χ1) is 14.1. The molecule has 6 N–H and O–H groups in total. The lowest BCUT2D eigenvalue weighted by Gasteiger charge is -2.15. The SMILES string of the molecule is Cn1cc(Sc2nn([C@@H]3O[C@H](COS(N)(=O)=O)[C@@H](O)[C@H]3O)c3ncnc(N)c23)cn1. The van der Waals surface area contributed by atoms with Crippen LogP contribution in [0.25, 0.3) is 11.0 Å². The number of aromatic nitrogens is 6. The van der Waals surface area contributed by atoms with Crippen molar-refractivity contribution in [3.8, 4) is 0 Å². The molecular formula is C14H18N8O6S2. The van der Waals surface area contributed by atoms with Crippen molar-refractivity contribution in [1.82, 2.24) is 29.5 Å². The van der Waals surface area contributed by atoms with Gasteiger partial charge in [0, 0.05) is 13.2 Å². The number of anilines is 1. The molecule has 1 aliphatic rings. The molecule has 16 heteroatoms. The molecule has 14 nitrogen and oxygen atoms in total. The molecule has 4 heterocycles. The van der Waals surface area contributed by atoms with Crippen LogP contribution in [0.4, 0.5) is 5.82 Å². The molecule has 3 aromatic rings. The maximum Gasteiger partial charge on any atom is 0.333 e. The summed E-state index contributed by atoms with van der Waals surface area (Å²) < 4.78 is 35.0. The minimum absolute atomic E-state index is 0.166. The average molecular weight is 458 g/mol. The van der Waals surface area contributed by atoms with Gasteiger partial charge in [-0.2, -0.15) is 18.6 Å². The Morgan fingerprint density at radius 1 is 1.33 bits per heavy atom. The lowest BCUT2D eigenvalue weighted by Crippen LogP contribution is -2.35. The summed E-state index contributed by atoms with van der Waals surface area (Å²) in [5.41, 5.74) is 6.28. The van der Waals surface area contributed by atoms with Crippen LogP contribution in [0.2, 0.25) is 0 Å². The van der Waals surface area contributed by atoms with Crippen LogP contribution in [0.1, 0.15) is 6.23 Å². The van der Waals surface area contributed by atoms with Gasteiger partial charge in [-0.05, 0) is 0 Å². The third kappa shape index (κ3) is 3.97. The van der Waals surface area contributed by atoms with Crippen molar-refractivity contribution in [2.75, 3.05) is 12.3 Å². The number of fused-ring (bicyclic) bond motifs is 1. The van der Waals surface area contributed by atoms with Crippen molar-refractivity contribution in [1.29, 1.82) is 0 Å². The fourth-order valence-electron chi connectivity index (χ4n) is 3.01. The summed E-state index contributed by atoms with van der Waals surface area (Å²) in [6, 6.07) is 0. The number of aliphatic hydroxyl groups excluding tert-OH is 2. The molecule has 1 saturated heterocycles. The second-order valence-corrected chi connectivity index (χ2v) is 8.77. The first kappa shape index (κ1) is 20.9. The van der Waals surface area contributed by atoms with Crippen molar-refractivity contribution in [3.63, 3.8) is 0 Å². The van der Waals surface area contributed by atoms with E-state index in [9.17, 15) is 18.6 Å². The van der Waals surface area contributed by atoms with Crippen LogP contribution in [-0.4, -0.2) is 73.1 Å². The molecule has 0 radical (unpaired) electrons. The van der Waals surface area contributed by atoms with Gasteiger partial charge in [-0.3, -0.25) is 8.86 Å². The second-order valence-electron chi connectivity index (χ2n) is 6.48. The zero-order valence-corrected chi connectivity index (χ0v) is 17.1. The molecule has 0 spiro atoms. The van der Waals surface area contributed by atoms with E-state index in [0.717, 1.165) is 4.90 Å².